The predicted molar refractivity (Wildman–Crippen MR) is 80.8 cm³/mol. The van der Waals surface area contributed by atoms with Gasteiger partial charge in [-0.05, 0) is 46.5 Å². The Morgan fingerprint density at radius 3 is 2.50 bits per heavy atom. The average Bonchev–Trinajstić information content (AvgIpc) is 2.34. The van der Waals surface area contributed by atoms with Gasteiger partial charge in [-0.1, -0.05) is 0 Å². The van der Waals surface area contributed by atoms with Crippen LogP contribution in [0, 0.1) is 6.92 Å². The van der Waals surface area contributed by atoms with Gasteiger partial charge in [-0.25, -0.2) is 18.4 Å². The summed E-state index contributed by atoms with van der Waals surface area (Å²) >= 11 is 0. The molecule has 0 saturated heterocycles. The first-order valence-electron chi connectivity index (χ1n) is 7.00. The number of anilines is 1. The molecular weight excluding hydrogens is 274 g/mol. The largest absolute Gasteiger partial charge is 0.368 e. The van der Waals surface area contributed by atoms with Crippen molar-refractivity contribution in [3.63, 3.8) is 0 Å². The van der Waals surface area contributed by atoms with Gasteiger partial charge in [-0.2, -0.15) is 0 Å². The lowest BCUT2D eigenvalue weighted by Gasteiger charge is -2.25. The standard InChI is InChI=1S/C14H23N3O2S/c1-10-16-12-8-6-5-7-11(12)13(17-10)15-9-14(2,3)20(4,18)19/h5-9H2,1-4H3,(H,15,16,17). The number of hydrogen-bond acceptors (Lipinski definition) is 5. The van der Waals surface area contributed by atoms with E-state index < -0.39 is 14.6 Å². The molecule has 1 heterocycles. The van der Waals surface area contributed by atoms with Crippen molar-refractivity contribution in [2.75, 3.05) is 18.1 Å². The van der Waals surface area contributed by atoms with Crippen LogP contribution >= 0.6 is 0 Å². The molecule has 0 aliphatic heterocycles. The second-order valence-electron chi connectivity index (χ2n) is 6.14. The van der Waals surface area contributed by atoms with Crippen LogP contribution in [0.2, 0.25) is 0 Å². The van der Waals surface area contributed by atoms with E-state index in [0.717, 1.165) is 48.6 Å². The Balaban J connectivity index is 2.24. The second kappa shape index (κ2) is 5.31. The Labute approximate surface area is 121 Å². The fourth-order valence-corrected chi connectivity index (χ4v) is 2.63. The molecule has 20 heavy (non-hydrogen) atoms. The van der Waals surface area contributed by atoms with E-state index in [1.807, 2.05) is 6.92 Å². The number of hydrogen-bond donors (Lipinski definition) is 1. The molecule has 2 rings (SSSR count). The molecule has 0 radical (unpaired) electrons. The molecule has 0 saturated carbocycles. The average molecular weight is 297 g/mol. The van der Waals surface area contributed by atoms with Gasteiger partial charge in [-0.3, -0.25) is 0 Å². The molecule has 112 valence electrons. The Morgan fingerprint density at radius 1 is 1.20 bits per heavy atom. The van der Waals surface area contributed by atoms with Crippen LogP contribution in [0.3, 0.4) is 0 Å². The minimum atomic E-state index is -3.11. The van der Waals surface area contributed by atoms with Gasteiger partial charge in [0.1, 0.15) is 11.6 Å². The summed E-state index contributed by atoms with van der Waals surface area (Å²) in [6.45, 7) is 5.70. The van der Waals surface area contributed by atoms with Gasteiger partial charge in [0.2, 0.25) is 0 Å². The fraction of sp³-hybridized carbons (Fsp3) is 0.714. The second-order valence-corrected chi connectivity index (χ2v) is 8.79. The van der Waals surface area contributed by atoms with Crippen molar-refractivity contribution in [2.45, 2.75) is 51.2 Å². The minimum Gasteiger partial charge on any atom is -0.368 e. The molecule has 1 aromatic heterocycles. The SMILES string of the molecule is Cc1nc2c(c(NCC(C)(C)S(C)(=O)=O)n1)CCCC2. The van der Waals surface area contributed by atoms with Gasteiger partial charge in [0, 0.05) is 24.1 Å². The predicted octanol–water partition coefficient (Wildman–Crippen LogP) is 1.90. The highest BCUT2D eigenvalue weighted by Gasteiger charge is 2.30. The van der Waals surface area contributed by atoms with Gasteiger partial charge >= 0.3 is 0 Å². The molecule has 1 N–H and O–H groups in total. The molecule has 1 aromatic rings. The van der Waals surface area contributed by atoms with Gasteiger partial charge in [0.25, 0.3) is 0 Å². The first-order valence-corrected chi connectivity index (χ1v) is 8.90. The van der Waals surface area contributed by atoms with E-state index in [2.05, 4.69) is 15.3 Å². The zero-order valence-electron chi connectivity index (χ0n) is 12.7. The highest BCUT2D eigenvalue weighted by molar-refractivity contribution is 7.92. The Morgan fingerprint density at radius 2 is 1.85 bits per heavy atom. The van der Waals surface area contributed by atoms with Crippen molar-refractivity contribution < 1.29 is 8.42 Å². The van der Waals surface area contributed by atoms with Crippen LogP contribution < -0.4 is 5.32 Å². The van der Waals surface area contributed by atoms with Crippen molar-refractivity contribution in [3.8, 4) is 0 Å². The van der Waals surface area contributed by atoms with E-state index in [1.165, 1.54) is 6.26 Å². The van der Waals surface area contributed by atoms with Crippen LogP contribution in [-0.2, 0) is 22.7 Å². The molecular formula is C14H23N3O2S. The van der Waals surface area contributed by atoms with Crippen LogP contribution in [-0.4, -0.2) is 35.9 Å². The molecule has 0 atom stereocenters. The van der Waals surface area contributed by atoms with Crippen molar-refractivity contribution in [3.05, 3.63) is 17.1 Å². The van der Waals surface area contributed by atoms with Crippen molar-refractivity contribution in [2.24, 2.45) is 0 Å². The summed E-state index contributed by atoms with van der Waals surface area (Å²) < 4.78 is 22.7. The maximum absolute atomic E-state index is 11.8. The molecule has 1 aliphatic carbocycles. The van der Waals surface area contributed by atoms with Crippen molar-refractivity contribution in [1.29, 1.82) is 0 Å². The summed E-state index contributed by atoms with van der Waals surface area (Å²) in [6, 6.07) is 0. The van der Waals surface area contributed by atoms with Crippen LogP contribution in [0.4, 0.5) is 5.82 Å². The zero-order valence-corrected chi connectivity index (χ0v) is 13.5. The fourth-order valence-electron chi connectivity index (χ4n) is 2.29. The summed E-state index contributed by atoms with van der Waals surface area (Å²) in [6.07, 6.45) is 5.54. The Kier molecular flexibility index (Phi) is 4.04. The smallest absolute Gasteiger partial charge is 0.154 e. The van der Waals surface area contributed by atoms with E-state index >= 15 is 0 Å². The lowest BCUT2D eigenvalue weighted by molar-refractivity contribution is 0.559. The molecule has 0 amide bonds. The molecule has 0 spiro atoms. The van der Waals surface area contributed by atoms with Gasteiger partial charge in [0.15, 0.2) is 9.84 Å². The van der Waals surface area contributed by atoms with Gasteiger partial charge in [-0.15, -0.1) is 0 Å². The first kappa shape index (κ1) is 15.2. The van der Waals surface area contributed by atoms with Crippen LogP contribution in [0.25, 0.3) is 0 Å². The number of nitrogens with zero attached hydrogens (tertiary/aromatic N) is 2. The monoisotopic (exact) mass is 297 g/mol. The molecule has 0 unspecified atom stereocenters. The summed E-state index contributed by atoms with van der Waals surface area (Å²) in [4.78, 5) is 8.95. The van der Waals surface area contributed by atoms with Gasteiger partial charge in [0.05, 0.1) is 4.75 Å². The van der Waals surface area contributed by atoms with Crippen LogP contribution in [0.5, 0.6) is 0 Å². The number of rotatable bonds is 4. The van der Waals surface area contributed by atoms with E-state index in [0.29, 0.717) is 6.54 Å². The highest BCUT2D eigenvalue weighted by Crippen LogP contribution is 2.26. The Bertz CT molecular complexity index is 609. The zero-order chi connectivity index (χ0) is 15.0. The molecule has 0 aromatic carbocycles. The number of nitrogens with one attached hydrogen (secondary N) is 1. The minimum absolute atomic E-state index is 0.356. The van der Waals surface area contributed by atoms with Crippen LogP contribution in [0.1, 0.15) is 43.8 Å². The third-order valence-corrected chi connectivity index (χ3v) is 6.13. The maximum atomic E-state index is 11.8. The lowest BCUT2D eigenvalue weighted by atomic mass is 9.96. The first-order chi connectivity index (χ1) is 9.21. The normalized spacial score (nSPS) is 15.8. The van der Waals surface area contributed by atoms with Crippen molar-refractivity contribution >= 4 is 15.7 Å². The maximum Gasteiger partial charge on any atom is 0.154 e. The number of aryl methyl sites for hydroxylation is 2. The quantitative estimate of drug-likeness (QED) is 0.919. The Hall–Kier alpha value is -1.17. The van der Waals surface area contributed by atoms with E-state index in [-0.39, 0.29) is 0 Å². The number of sulfone groups is 1. The molecule has 0 bridgehead atoms. The lowest BCUT2D eigenvalue weighted by Crippen LogP contribution is -2.38. The van der Waals surface area contributed by atoms with E-state index in [9.17, 15) is 8.42 Å². The molecule has 0 fully saturated rings. The number of aromatic nitrogens is 2. The topological polar surface area (TPSA) is 72.0 Å². The van der Waals surface area contributed by atoms with E-state index in [4.69, 9.17) is 0 Å². The third-order valence-electron chi connectivity index (χ3n) is 3.98. The summed E-state index contributed by atoms with van der Waals surface area (Å²) in [7, 11) is -3.11. The molecule has 6 heteroatoms. The van der Waals surface area contributed by atoms with E-state index in [1.54, 1.807) is 13.8 Å². The summed E-state index contributed by atoms with van der Waals surface area (Å²) in [5.74, 6) is 1.55. The van der Waals surface area contributed by atoms with Crippen LogP contribution in [0.15, 0.2) is 0 Å². The van der Waals surface area contributed by atoms with Gasteiger partial charge < -0.3 is 5.32 Å². The summed E-state index contributed by atoms with van der Waals surface area (Å²) in [5, 5.41) is 3.23. The highest BCUT2D eigenvalue weighted by atomic mass is 32.2. The third kappa shape index (κ3) is 3.11. The molecule has 5 nitrogen and oxygen atoms in total. The summed E-state index contributed by atoms with van der Waals surface area (Å²) in [5.41, 5.74) is 2.27. The van der Waals surface area contributed by atoms with Crippen molar-refractivity contribution in [1.82, 2.24) is 9.97 Å². The number of fused-ring (bicyclic) bond motifs is 1. The molecule has 1 aliphatic rings.